The molecule has 3 heterocycles. The second kappa shape index (κ2) is 6.55. The lowest BCUT2D eigenvalue weighted by atomic mass is 9.96. The summed E-state index contributed by atoms with van der Waals surface area (Å²) in [5.41, 5.74) is 2.71. The lowest BCUT2D eigenvalue weighted by Gasteiger charge is -2.30. The highest BCUT2D eigenvalue weighted by Gasteiger charge is 2.34. The van der Waals surface area contributed by atoms with Crippen molar-refractivity contribution in [2.75, 3.05) is 20.1 Å². The third-order valence-corrected chi connectivity index (χ3v) is 5.78. The van der Waals surface area contributed by atoms with Gasteiger partial charge in [0.15, 0.2) is 11.5 Å². The summed E-state index contributed by atoms with van der Waals surface area (Å²) in [6.45, 7) is 1.18. The molecule has 3 aromatic rings. The fraction of sp³-hybridized carbons (Fsp3) is 0.273. The number of likely N-dealkylation sites (tertiary alicyclic amines) is 1. The van der Waals surface area contributed by atoms with E-state index >= 15 is 0 Å². The number of hydrogen-bond donors (Lipinski definition) is 0. The number of piperidine rings is 1. The smallest absolute Gasteiger partial charge is 0.261 e. The third-order valence-electron chi connectivity index (χ3n) is 5.78. The third kappa shape index (κ3) is 2.81. The van der Waals surface area contributed by atoms with Crippen LogP contribution in [0.15, 0.2) is 46.9 Å². The fourth-order valence-corrected chi connectivity index (χ4v) is 4.07. The van der Waals surface area contributed by atoms with Gasteiger partial charge in [-0.05, 0) is 43.2 Å². The van der Waals surface area contributed by atoms with Gasteiger partial charge >= 0.3 is 0 Å². The first kappa shape index (κ1) is 17.6. The highest BCUT2D eigenvalue weighted by Crippen LogP contribution is 2.31. The van der Waals surface area contributed by atoms with Crippen LogP contribution in [0.3, 0.4) is 0 Å². The van der Waals surface area contributed by atoms with Crippen molar-refractivity contribution in [1.82, 2.24) is 14.8 Å². The summed E-state index contributed by atoms with van der Waals surface area (Å²) in [5.74, 6) is 0.0818. The summed E-state index contributed by atoms with van der Waals surface area (Å²) in [7, 11) is 1.45. The molecule has 7 nitrogen and oxygen atoms in total. The highest BCUT2D eigenvalue weighted by molar-refractivity contribution is 6.21. The lowest BCUT2D eigenvalue weighted by Crippen LogP contribution is -2.38. The molecular weight excluding hydrogens is 370 g/mol. The molecule has 0 spiro atoms. The van der Waals surface area contributed by atoms with Gasteiger partial charge in [0.2, 0.25) is 0 Å². The van der Waals surface area contributed by atoms with E-state index in [1.54, 1.807) is 17.0 Å². The van der Waals surface area contributed by atoms with Crippen molar-refractivity contribution in [3.8, 4) is 0 Å². The summed E-state index contributed by atoms with van der Waals surface area (Å²) in [5, 5.41) is 0. The van der Waals surface area contributed by atoms with Gasteiger partial charge < -0.3 is 9.32 Å². The standard InChI is InChI=1S/C22H19N3O4/c1-24-21(27)15-7-6-14(12-16(15)22(24)28)20(26)25-10-8-13(9-11-25)19-23-17-4-2-3-5-18(17)29-19/h2-7,12-13H,8-11H2,1H3. The highest BCUT2D eigenvalue weighted by atomic mass is 16.3. The van der Waals surface area contributed by atoms with Crippen LogP contribution in [-0.4, -0.2) is 52.6 Å². The minimum atomic E-state index is -0.366. The van der Waals surface area contributed by atoms with Crippen molar-refractivity contribution in [3.05, 3.63) is 65.0 Å². The van der Waals surface area contributed by atoms with Gasteiger partial charge in [-0.2, -0.15) is 0 Å². The molecule has 29 heavy (non-hydrogen) atoms. The number of benzene rings is 2. The molecule has 146 valence electrons. The van der Waals surface area contributed by atoms with Gasteiger partial charge in [-0.25, -0.2) is 4.98 Å². The van der Waals surface area contributed by atoms with Gasteiger partial charge in [-0.15, -0.1) is 0 Å². The molecule has 2 aliphatic heterocycles. The molecule has 1 fully saturated rings. The molecule has 2 aromatic carbocycles. The number of aromatic nitrogens is 1. The number of amides is 3. The number of nitrogens with zero attached hydrogens (tertiary/aromatic N) is 3. The molecule has 3 amide bonds. The molecular formula is C22H19N3O4. The zero-order chi connectivity index (χ0) is 20.1. The van der Waals surface area contributed by atoms with Crippen LogP contribution in [0.1, 0.15) is 55.7 Å². The minimum absolute atomic E-state index is 0.126. The molecule has 0 aliphatic carbocycles. The van der Waals surface area contributed by atoms with Crippen molar-refractivity contribution in [3.63, 3.8) is 0 Å². The maximum Gasteiger partial charge on any atom is 0.261 e. The van der Waals surface area contributed by atoms with Crippen LogP contribution in [0.25, 0.3) is 11.1 Å². The van der Waals surface area contributed by atoms with Crippen LogP contribution in [0, 0.1) is 0 Å². The van der Waals surface area contributed by atoms with E-state index in [2.05, 4.69) is 4.98 Å². The topological polar surface area (TPSA) is 83.7 Å². The Kier molecular flexibility index (Phi) is 3.97. The second-order valence-electron chi connectivity index (χ2n) is 7.52. The first-order chi connectivity index (χ1) is 14.0. The van der Waals surface area contributed by atoms with Crippen LogP contribution in [0.2, 0.25) is 0 Å². The average Bonchev–Trinajstić information content (AvgIpc) is 3.29. The molecule has 2 aliphatic rings. The van der Waals surface area contributed by atoms with E-state index in [4.69, 9.17) is 4.42 Å². The molecule has 0 bridgehead atoms. The summed E-state index contributed by atoms with van der Waals surface area (Å²) in [6.07, 6.45) is 1.54. The van der Waals surface area contributed by atoms with E-state index in [-0.39, 0.29) is 23.6 Å². The first-order valence-corrected chi connectivity index (χ1v) is 9.64. The molecule has 0 saturated carbocycles. The van der Waals surface area contributed by atoms with Gasteiger partial charge in [0.05, 0.1) is 11.1 Å². The number of para-hydroxylation sites is 2. The summed E-state index contributed by atoms with van der Waals surface area (Å²) in [4.78, 5) is 44.6. The van der Waals surface area contributed by atoms with Gasteiger partial charge in [-0.1, -0.05) is 12.1 Å². The van der Waals surface area contributed by atoms with E-state index in [1.165, 1.54) is 13.1 Å². The van der Waals surface area contributed by atoms with E-state index in [9.17, 15) is 14.4 Å². The summed E-state index contributed by atoms with van der Waals surface area (Å²) < 4.78 is 5.88. The number of fused-ring (bicyclic) bond motifs is 2. The predicted octanol–water partition coefficient (Wildman–Crippen LogP) is 3.07. The Balaban J connectivity index is 1.30. The zero-order valence-electron chi connectivity index (χ0n) is 15.9. The van der Waals surface area contributed by atoms with Gasteiger partial charge in [0.25, 0.3) is 17.7 Å². The Bertz CT molecular complexity index is 1120. The molecule has 5 rings (SSSR count). The van der Waals surface area contributed by atoms with Crippen molar-refractivity contribution in [1.29, 1.82) is 0 Å². The average molecular weight is 389 g/mol. The SMILES string of the molecule is CN1C(=O)c2ccc(C(=O)N3CCC(c4nc5ccccc5o4)CC3)cc2C1=O. The Morgan fingerprint density at radius 3 is 2.52 bits per heavy atom. The summed E-state index contributed by atoms with van der Waals surface area (Å²) >= 11 is 0. The minimum Gasteiger partial charge on any atom is -0.440 e. The van der Waals surface area contributed by atoms with Crippen LogP contribution in [0.4, 0.5) is 0 Å². The van der Waals surface area contributed by atoms with Gasteiger partial charge in [-0.3, -0.25) is 19.3 Å². The van der Waals surface area contributed by atoms with E-state index in [0.717, 1.165) is 34.7 Å². The monoisotopic (exact) mass is 389 g/mol. The molecule has 0 N–H and O–H groups in total. The molecule has 0 atom stereocenters. The van der Waals surface area contributed by atoms with Gasteiger partial charge in [0.1, 0.15) is 5.52 Å². The van der Waals surface area contributed by atoms with Gasteiger partial charge in [0, 0.05) is 31.6 Å². The predicted molar refractivity (Wildman–Crippen MR) is 105 cm³/mol. The molecule has 0 unspecified atom stereocenters. The Hall–Kier alpha value is -3.48. The Morgan fingerprint density at radius 2 is 1.76 bits per heavy atom. The molecule has 1 saturated heterocycles. The van der Waals surface area contributed by atoms with Crippen LogP contribution < -0.4 is 0 Å². The number of imide groups is 1. The number of carbonyl (C=O) groups is 3. The molecule has 0 radical (unpaired) electrons. The van der Waals surface area contributed by atoms with Crippen LogP contribution in [-0.2, 0) is 0 Å². The Labute approximate surface area is 166 Å². The van der Waals surface area contributed by atoms with Crippen molar-refractivity contribution < 1.29 is 18.8 Å². The van der Waals surface area contributed by atoms with Crippen molar-refractivity contribution >= 4 is 28.8 Å². The zero-order valence-corrected chi connectivity index (χ0v) is 15.9. The van der Waals surface area contributed by atoms with Crippen molar-refractivity contribution in [2.45, 2.75) is 18.8 Å². The van der Waals surface area contributed by atoms with E-state index in [1.807, 2.05) is 24.3 Å². The fourth-order valence-electron chi connectivity index (χ4n) is 4.07. The van der Waals surface area contributed by atoms with Crippen LogP contribution >= 0.6 is 0 Å². The summed E-state index contributed by atoms with van der Waals surface area (Å²) in [6, 6.07) is 12.4. The first-order valence-electron chi connectivity index (χ1n) is 9.64. The quantitative estimate of drug-likeness (QED) is 0.629. The Morgan fingerprint density at radius 1 is 1.03 bits per heavy atom. The lowest BCUT2D eigenvalue weighted by molar-refractivity contribution is 0.0690. The maximum atomic E-state index is 12.9. The van der Waals surface area contributed by atoms with Crippen molar-refractivity contribution in [2.24, 2.45) is 0 Å². The number of carbonyl (C=O) groups excluding carboxylic acids is 3. The molecule has 7 heteroatoms. The number of rotatable bonds is 2. The number of oxazole rings is 1. The normalized spacial score (nSPS) is 17.3. The van der Waals surface area contributed by atoms with E-state index in [0.29, 0.717) is 29.8 Å². The maximum absolute atomic E-state index is 12.9. The van der Waals surface area contributed by atoms with Crippen LogP contribution in [0.5, 0.6) is 0 Å². The largest absolute Gasteiger partial charge is 0.440 e. The molecule has 1 aromatic heterocycles. The number of hydrogen-bond acceptors (Lipinski definition) is 5. The second-order valence-corrected chi connectivity index (χ2v) is 7.52. The van der Waals surface area contributed by atoms with E-state index < -0.39 is 0 Å².